The minimum Gasteiger partial charge on any atom is -0.469 e. The van der Waals surface area contributed by atoms with Gasteiger partial charge in [-0.05, 0) is 44.3 Å². The summed E-state index contributed by atoms with van der Waals surface area (Å²) in [6.07, 6.45) is 12.7. The fourth-order valence-electron chi connectivity index (χ4n) is 1.97. The topological polar surface area (TPSA) is 87.0 Å². The molecule has 5 nitrogen and oxygen atoms in total. The van der Waals surface area contributed by atoms with Crippen LogP contribution in [0.3, 0.4) is 0 Å². The predicted molar refractivity (Wildman–Crippen MR) is 103 cm³/mol. The van der Waals surface area contributed by atoms with Crippen LogP contribution in [0.15, 0.2) is 36.5 Å². The predicted octanol–water partition coefficient (Wildman–Crippen LogP) is 2.66. The van der Waals surface area contributed by atoms with E-state index in [1.165, 1.54) is 7.11 Å². The first-order valence-corrected chi connectivity index (χ1v) is 9.09. The third-order valence-corrected chi connectivity index (χ3v) is 3.63. The third kappa shape index (κ3) is 15.6. The molecule has 26 heavy (non-hydrogen) atoms. The number of carbonyl (C=O) groups is 1. The number of carbonyl (C=O) groups excluding carboxylic acids is 1. The smallest absolute Gasteiger partial charge is 0.305 e. The highest BCUT2D eigenvalue weighted by atomic mass is 16.5. The monoisotopic (exact) mass is 364 g/mol. The molecular formula is C21H32O5. The molecule has 3 atom stereocenters. The molecule has 0 aliphatic rings. The summed E-state index contributed by atoms with van der Waals surface area (Å²) in [6.45, 7) is 1.89. The van der Waals surface area contributed by atoms with Crippen LogP contribution in [-0.4, -0.2) is 46.7 Å². The van der Waals surface area contributed by atoms with Crippen LogP contribution in [0.25, 0.3) is 0 Å². The summed E-state index contributed by atoms with van der Waals surface area (Å²) in [4.78, 5) is 11.0. The van der Waals surface area contributed by atoms with E-state index >= 15 is 0 Å². The van der Waals surface area contributed by atoms with E-state index in [4.69, 9.17) is 0 Å². The van der Waals surface area contributed by atoms with E-state index in [2.05, 4.69) is 16.6 Å². The second-order valence-corrected chi connectivity index (χ2v) is 5.94. The van der Waals surface area contributed by atoms with Crippen molar-refractivity contribution in [1.29, 1.82) is 0 Å². The summed E-state index contributed by atoms with van der Waals surface area (Å²) >= 11 is 0. The Kier molecular flexibility index (Phi) is 15.4. The van der Waals surface area contributed by atoms with Gasteiger partial charge in [-0.1, -0.05) is 43.1 Å². The van der Waals surface area contributed by atoms with Gasteiger partial charge in [-0.3, -0.25) is 4.79 Å². The number of allylic oxidation sites excluding steroid dienone is 4. The second-order valence-electron chi connectivity index (χ2n) is 5.94. The van der Waals surface area contributed by atoms with Crippen molar-refractivity contribution < 1.29 is 24.9 Å². The molecule has 3 N–H and O–H groups in total. The van der Waals surface area contributed by atoms with Gasteiger partial charge in [-0.2, -0.15) is 0 Å². The van der Waals surface area contributed by atoms with E-state index in [9.17, 15) is 20.1 Å². The Hall–Kier alpha value is -1.87. The number of esters is 1. The molecule has 146 valence electrons. The largest absolute Gasteiger partial charge is 0.469 e. The van der Waals surface area contributed by atoms with Gasteiger partial charge >= 0.3 is 5.97 Å². The number of hydrogen-bond acceptors (Lipinski definition) is 5. The molecule has 0 fully saturated rings. The van der Waals surface area contributed by atoms with Crippen molar-refractivity contribution in [3.05, 3.63) is 36.5 Å². The Morgan fingerprint density at radius 1 is 1.12 bits per heavy atom. The van der Waals surface area contributed by atoms with Crippen LogP contribution in [0.4, 0.5) is 0 Å². The molecule has 0 radical (unpaired) electrons. The van der Waals surface area contributed by atoms with Crippen LogP contribution in [-0.2, 0) is 9.53 Å². The maximum atomic E-state index is 11.0. The van der Waals surface area contributed by atoms with Gasteiger partial charge in [0, 0.05) is 12.8 Å². The van der Waals surface area contributed by atoms with E-state index < -0.39 is 18.3 Å². The molecule has 0 aliphatic heterocycles. The summed E-state index contributed by atoms with van der Waals surface area (Å²) in [6, 6.07) is 0. The van der Waals surface area contributed by atoms with Gasteiger partial charge in [0.1, 0.15) is 0 Å². The quantitative estimate of drug-likeness (QED) is 0.282. The van der Waals surface area contributed by atoms with Crippen molar-refractivity contribution in [3.8, 4) is 11.8 Å². The average molecular weight is 364 g/mol. The number of hydrogen-bond donors (Lipinski definition) is 3. The number of aliphatic hydroxyl groups is 3. The molecular weight excluding hydrogens is 332 g/mol. The lowest BCUT2D eigenvalue weighted by molar-refractivity contribution is -0.140. The van der Waals surface area contributed by atoms with Gasteiger partial charge in [0.15, 0.2) is 0 Å². The van der Waals surface area contributed by atoms with Gasteiger partial charge < -0.3 is 20.1 Å². The normalized spacial score (nSPS) is 15.1. The van der Waals surface area contributed by atoms with Crippen molar-refractivity contribution in [3.63, 3.8) is 0 Å². The molecule has 5 heteroatoms. The van der Waals surface area contributed by atoms with Gasteiger partial charge in [-0.25, -0.2) is 0 Å². The van der Waals surface area contributed by atoms with Crippen LogP contribution in [0.1, 0.15) is 51.9 Å². The zero-order chi connectivity index (χ0) is 19.6. The Morgan fingerprint density at radius 2 is 1.88 bits per heavy atom. The fraction of sp³-hybridized carbons (Fsp3) is 0.571. The first-order valence-electron chi connectivity index (χ1n) is 9.09. The van der Waals surface area contributed by atoms with E-state index in [-0.39, 0.29) is 5.97 Å². The van der Waals surface area contributed by atoms with Gasteiger partial charge in [0.05, 0.1) is 25.4 Å². The summed E-state index contributed by atoms with van der Waals surface area (Å²) in [5.41, 5.74) is 0. The summed E-state index contributed by atoms with van der Waals surface area (Å²) in [5, 5.41) is 28.8. The molecule has 0 aromatic carbocycles. The highest BCUT2D eigenvalue weighted by molar-refractivity contribution is 5.68. The fourth-order valence-corrected chi connectivity index (χ4v) is 1.97. The van der Waals surface area contributed by atoms with E-state index in [0.29, 0.717) is 38.5 Å². The minimum absolute atomic E-state index is 0.250. The lowest BCUT2D eigenvalue weighted by Gasteiger charge is -2.07. The van der Waals surface area contributed by atoms with Crippen LogP contribution in [0.5, 0.6) is 0 Å². The molecule has 0 bridgehead atoms. The number of ether oxygens (including phenoxy) is 1. The second kappa shape index (κ2) is 16.6. The van der Waals surface area contributed by atoms with Gasteiger partial charge in [-0.15, -0.1) is 0 Å². The van der Waals surface area contributed by atoms with E-state index in [0.717, 1.165) is 6.42 Å². The lowest BCUT2D eigenvalue weighted by Crippen LogP contribution is -2.07. The van der Waals surface area contributed by atoms with Crippen LogP contribution < -0.4 is 0 Å². The molecule has 3 unspecified atom stereocenters. The Balaban J connectivity index is 3.84. The molecule has 0 rings (SSSR count). The maximum Gasteiger partial charge on any atom is 0.305 e. The molecule has 0 spiro atoms. The van der Waals surface area contributed by atoms with Crippen molar-refractivity contribution in [1.82, 2.24) is 0 Å². The molecule has 0 saturated heterocycles. The molecule has 0 aliphatic carbocycles. The van der Waals surface area contributed by atoms with Crippen molar-refractivity contribution >= 4 is 5.97 Å². The van der Waals surface area contributed by atoms with E-state index in [1.54, 1.807) is 24.3 Å². The zero-order valence-electron chi connectivity index (χ0n) is 15.8. The summed E-state index contributed by atoms with van der Waals surface area (Å²) < 4.78 is 4.55. The Bertz CT molecular complexity index is 510. The van der Waals surface area contributed by atoms with Gasteiger partial charge in [0.2, 0.25) is 0 Å². The number of methoxy groups -OCH3 is 1. The highest BCUT2D eigenvalue weighted by Gasteiger charge is 2.05. The lowest BCUT2D eigenvalue weighted by atomic mass is 10.1. The van der Waals surface area contributed by atoms with Crippen LogP contribution >= 0.6 is 0 Å². The standard InChI is InChI=1S/C21H32O5/c1-3-18(22)12-9-6-10-15-19(23)13-7-4-5-8-14-20(24)16-11-17-21(25)26-2/h4-5,7,9,12-13,18-20,22-24H,3,8,11,14-17H2,1-2H3. The van der Waals surface area contributed by atoms with Gasteiger partial charge in [0.25, 0.3) is 0 Å². The SMILES string of the molecule is CCC(O)C=CC#CCC(O)C=CC=CCCC(O)CCCC(=O)OC. The number of rotatable bonds is 12. The molecule has 0 aromatic heterocycles. The minimum atomic E-state index is -0.638. The van der Waals surface area contributed by atoms with Crippen LogP contribution in [0.2, 0.25) is 0 Å². The van der Waals surface area contributed by atoms with Crippen molar-refractivity contribution in [2.24, 2.45) is 0 Å². The highest BCUT2D eigenvalue weighted by Crippen LogP contribution is 2.08. The Morgan fingerprint density at radius 3 is 2.58 bits per heavy atom. The van der Waals surface area contributed by atoms with Crippen LogP contribution in [0, 0.1) is 11.8 Å². The molecule has 0 amide bonds. The molecule has 0 saturated carbocycles. The number of aliphatic hydroxyl groups excluding tert-OH is 3. The van der Waals surface area contributed by atoms with Crippen molar-refractivity contribution in [2.45, 2.75) is 70.2 Å². The first-order chi connectivity index (χ1) is 12.5. The maximum absolute atomic E-state index is 11.0. The zero-order valence-corrected chi connectivity index (χ0v) is 15.8. The summed E-state index contributed by atoms with van der Waals surface area (Å²) in [5.74, 6) is 5.35. The summed E-state index contributed by atoms with van der Waals surface area (Å²) in [7, 11) is 1.36. The van der Waals surface area contributed by atoms with E-state index in [1.807, 2.05) is 19.1 Å². The van der Waals surface area contributed by atoms with Crippen molar-refractivity contribution in [2.75, 3.05) is 7.11 Å². The molecule has 0 aromatic rings. The average Bonchev–Trinajstić information content (AvgIpc) is 2.63. The molecule has 0 heterocycles. The first kappa shape index (κ1) is 24.1. The Labute approximate surface area is 157 Å². The third-order valence-electron chi connectivity index (χ3n) is 3.63.